The highest BCUT2D eigenvalue weighted by Crippen LogP contribution is 2.35. The molecule has 0 unspecified atom stereocenters. The molecule has 0 bridgehead atoms. The van der Waals surface area contributed by atoms with E-state index in [2.05, 4.69) is 15.6 Å². The first-order valence-corrected chi connectivity index (χ1v) is 8.35. The van der Waals surface area contributed by atoms with Gasteiger partial charge in [0.25, 0.3) is 5.91 Å². The van der Waals surface area contributed by atoms with Crippen molar-refractivity contribution in [2.24, 2.45) is 0 Å². The second-order valence-corrected chi connectivity index (χ2v) is 6.17. The van der Waals surface area contributed by atoms with E-state index in [0.29, 0.717) is 22.7 Å². The lowest BCUT2D eigenvalue weighted by Gasteiger charge is -2.05. The van der Waals surface area contributed by atoms with Gasteiger partial charge in [0.2, 0.25) is 6.79 Å². The van der Waals surface area contributed by atoms with E-state index < -0.39 is 17.5 Å². The number of nitrogens with one attached hydrogen (secondary N) is 2. The number of carbonyl (C=O) groups excluding carboxylic acids is 1. The van der Waals surface area contributed by atoms with Gasteiger partial charge in [0, 0.05) is 23.2 Å². The van der Waals surface area contributed by atoms with Gasteiger partial charge in [-0.05, 0) is 24.3 Å². The first kappa shape index (κ1) is 16.3. The third-order valence-corrected chi connectivity index (χ3v) is 4.30. The molecule has 2 heterocycles. The van der Waals surface area contributed by atoms with Crippen molar-refractivity contribution in [1.29, 1.82) is 0 Å². The molecule has 1 aromatic heterocycles. The minimum absolute atomic E-state index is 0.113. The number of rotatable bonds is 4. The maximum absolute atomic E-state index is 13.6. The minimum Gasteiger partial charge on any atom is -0.454 e. The molecule has 0 saturated heterocycles. The number of hydrogen-bond acceptors (Lipinski definition) is 6. The third kappa shape index (κ3) is 3.29. The first-order chi connectivity index (χ1) is 12.6. The molecule has 0 radical (unpaired) electrons. The number of hydrogen-bond donors (Lipinski definition) is 2. The van der Waals surface area contributed by atoms with E-state index in [1.54, 1.807) is 18.2 Å². The Morgan fingerprint density at radius 3 is 2.81 bits per heavy atom. The van der Waals surface area contributed by atoms with Crippen LogP contribution in [-0.4, -0.2) is 17.7 Å². The van der Waals surface area contributed by atoms with Gasteiger partial charge in [0.15, 0.2) is 16.6 Å². The molecule has 0 spiro atoms. The van der Waals surface area contributed by atoms with Gasteiger partial charge in [-0.2, -0.15) is 0 Å². The Hall–Kier alpha value is -3.20. The number of amides is 1. The summed E-state index contributed by atoms with van der Waals surface area (Å²) in [5, 5.41) is 7.44. The number of anilines is 3. The molecule has 0 aliphatic carbocycles. The Balaban J connectivity index is 1.46. The second-order valence-electron chi connectivity index (χ2n) is 5.31. The fraction of sp³-hybridized carbons (Fsp3) is 0.0588. The van der Waals surface area contributed by atoms with E-state index in [1.807, 2.05) is 0 Å². The molecule has 9 heteroatoms. The molecular weight excluding hydrogens is 364 g/mol. The fourth-order valence-electron chi connectivity index (χ4n) is 2.31. The molecule has 0 saturated carbocycles. The van der Waals surface area contributed by atoms with Gasteiger partial charge in [-0.3, -0.25) is 4.79 Å². The van der Waals surface area contributed by atoms with Crippen molar-refractivity contribution in [1.82, 2.24) is 4.98 Å². The van der Waals surface area contributed by atoms with Crippen LogP contribution in [0.3, 0.4) is 0 Å². The molecule has 0 atom stereocenters. The molecule has 0 fully saturated rings. The van der Waals surface area contributed by atoms with Crippen LogP contribution < -0.4 is 20.1 Å². The SMILES string of the molecule is O=C(Nc1ccc(F)cc1F)c1csc(Nc2ccc3c(c2)OCO3)n1. The first-order valence-electron chi connectivity index (χ1n) is 7.47. The summed E-state index contributed by atoms with van der Waals surface area (Å²) in [7, 11) is 0. The lowest BCUT2D eigenvalue weighted by atomic mass is 10.3. The van der Waals surface area contributed by atoms with E-state index in [1.165, 1.54) is 16.7 Å². The van der Waals surface area contributed by atoms with E-state index in [9.17, 15) is 13.6 Å². The summed E-state index contributed by atoms with van der Waals surface area (Å²) in [4.78, 5) is 16.3. The number of thiazole rings is 1. The number of halogens is 2. The molecular formula is C17H11F2N3O3S. The summed E-state index contributed by atoms with van der Waals surface area (Å²) in [6.45, 7) is 0.181. The third-order valence-electron chi connectivity index (χ3n) is 3.54. The molecule has 2 aromatic carbocycles. The molecule has 1 aliphatic rings. The highest BCUT2D eigenvalue weighted by molar-refractivity contribution is 7.14. The summed E-state index contributed by atoms with van der Waals surface area (Å²) in [5.41, 5.74) is 0.719. The van der Waals surface area contributed by atoms with Crippen LogP contribution in [0, 0.1) is 11.6 Å². The number of carbonyl (C=O) groups is 1. The van der Waals surface area contributed by atoms with Crippen molar-refractivity contribution in [2.45, 2.75) is 0 Å². The van der Waals surface area contributed by atoms with Crippen LogP contribution in [-0.2, 0) is 0 Å². The number of benzene rings is 2. The number of fused-ring (bicyclic) bond motifs is 1. The maximum atomic E-state index is 13.6. The van der Waals surface area contributed by atoms with Crippen molar-refractivity contribution in [3.05, 3.63) is 59.1 Å². The van der Waals surface area contributed by atoms with Crippen LogP contribution in [0.25, 0.3) is 0 Å². The van der Waals surface area contributed by atoms with Gasteiger partial charge in [-0.25, -0.2) is 13.8 Å². The van der Waals surface area contributed by atoms with Gasteiger partial charge < -0.3 is 20.1 Å². The quantitative estimate of drug-likeness (QED) is 0.717. The fourth-order valence-corrected chi connectivity index (χ4v) is 3.02. The zero-order valence-electron chi connectivity index (χ0n) is 13.1. The second kappa shape index (κ2) is 6.60. The van der Waals surface area contributed by atoms with E-state index in [4.69, 9.17) is 9.47 Å². The molecule has 6 nitrogen and oxygen atoms in total. The van der Waals surface area contributed by atoms with E-state index in [-0.39, 0.29) is 18.2 Å². The average molecular weight is 375 g/mol. The van der Waals surface area contributed by atoms with Crippen molar-refractivity contribution in [3.8, 4) is 11.5 Å². The summed E-state index contributed by atoms with van der Waals surface area (Å²) >= 11 is 1.21. The molecule has 4 rings (SSSR count). The van der Waals surface area contributed by atoms with Gasteiger partial charge in [-0.1, -0.05) is 0 Å². The van der Waals surface area contributed by atoms with Crippen LogP contribution in [0.15, 0.2) is 41.8 Å². The number of ether oxygens (including phenoxy) is 2. The smallest absolute Gasteiger partial charge is 0.275 e. The summed E-state index contributed by atoms with van der Waals surface area (Å²) < 4.78 is 37.1. The summed E-state index contributed by atoms with van der Waals surface area (Å²) in [6, 6.07) is 8.24. The average Bonchev–Trinajstić information content (AvgIpc) is 3.26. The molecule has 132 valence electrons. The number of aromatic nitrogens is 1. The summed E-state index contributed by atoms with van der Waals surface area (Å²) in [5.74, 6) is -0.880. The lowest BCUT2D eigenvalue weighted by Crippen LogP contribution is -2.13. The zero-order valence-corrected chi connectivity index (χ0v) is 13.9. The lowest BCUT2D eigenvalue weighted by molar-refractivity contribution is 0.102. The van der Waals surface area contributed by atoms with Crippen molar-refractivity contribution < 1.29 is 23.0 Å². The maximum Gasteiger partial charge on any atom is 0.275 e. The predicted molar refractivity (Wildman–Crippen MR) is 92.3 cm³/mol. The van der Waals surface area contributed by atoms with Crippen LogP contribution in [0.5, 0.6) is 11.5 Å². The predicted octanol–water partition coefficient (Wildman–Crippen LogP) is 4.15. The summed E-state index contributed by atoms with van der Waals surface area (Å²) in [6.07, 6.45) is 0. The monoisotopic (exact) mass is 375 g/mol. The normalized spacial score (nSPS) is 12.1. The Morgan fingerprint density at radius 2 is 1.96 bits per heavy atom. The Labute approximate surface area is 150 Å². The van der Waals surface area contributed by atoms with Crippen LogP contribution in [0.2, 0.25) is 0 Å². The minimum atomic E-state index is -0.854. The molecule has 1 aliphatic heterocycles. The highest BCUT2D eigenvalue weighted by Gasteiger charge is 2.16. The van der Waals surface area contributed by atoms with Gasteiger partial charge in [0.05, 0.1) is 5.69 Å². The molecule has 2 N–H and O–H groups in total. The largest absolute Gasteiger partial charge is 0.454 e. The van der Waals surface area contributed by atoms with E-state index >= 15 is 0 Å². The van der Waals surface area contributed by atoms with Crippen molar-refractivity contribution >= 4 is 33.8 Å². The molecule has 3 aromatic rings. The zero-order chi connectivity index (χ0) is 18.1. The van der Waals surface area contributed by atoms with Crippen molar-refractivity contribution in [3.63, 3.8) is 0 Å². The van der Waals surface area contributed by atoms with Crippen molar-refractivity contribution in [2.75, 3.05) is 17.4 Å². The number of nitrogens with zero attached hydrogens (tertiary/aromatic N) is 1. The van der Waals surface area contributed by atoms with Gasteiger partial charge in [0.1, 0.15) is 17.3 Å². The standard InChI is InChI=1S/C17H11F2N3O3S/c18-9-1-3-12(11(19)5-9)21-16(23)13-7-26-17(22-13)20-10-2-4-14-15(6-10)25-8-24-14/h1-7H,8H2,(H,20,22)(H,21,23). The molecule has 1 amide bonds. The van der Waals surface area contributed by atoms with Crippen LogP contribution >= 0.6 is 11.3 Å². The van der Waals surface area contributed by atoms with Crippen LogP contribution in [0.1, 0.15) is 10.5 Å². The Bertz CT molecular complexity index is 993. The Morgan fingerprint density at radius 1 is 1.12 bits per heavy atom. The van der Waals surface area contributed by atoms with Crippen LogP contribution in [0.4, 0.5) is 25.3 Å². The molecule has 26 heavy (non-hydrogen) atoms. The van der Waals surface area contributed by atoms with E-state index in [0.717, 1.165) is 17.8 Å². The topological polar surface area (TPSA) is 72.5 Å². The van der Waals surface area contributed by atoms with Gasteiger partial charge >= 0.3 is 0 Å². The Kier molecular flexibility index (Phi) is 4.13. The highest BCUT2D eigenvalue weighted by atomic mass is 32.1. The van der Waals surface area contributed by atoms with Gasteiger partial charge in [-0.15, -0.1) is 11.3 Å².